The number of methoxy groups -OCH3 is 2. The molecule has 0 saturated carbocycles. The molecule has 0 aromatic heterocycles. The van der Waals surface area contributed by atoms with Crippen molar-refractivity contribution in [3.8, 4) is 5.75 Å². The number of unbranched alkanes of at least 4 members (excludes halogenated alkanes) is 1. The number of benzene rings is 2. The number of carbonyl (C=O) groups excluding carboxylic acids is 10. The van der Waals surface area contributed by atoms with Crippen LogP contribution in [-0.4, -0.2) is 159 Å². The fourth-order valence-electron chi connectivity index (χ4n) is 10.9. The number of likely N-dealkylation sites (N-methyl/N-ethyl adjacent to an activating group) is 1. The summed E-state index contributed by atoms with van der Waals surface area (Å²) in [6.45, 7) is 11.9. The highest BCUT2D eigenvalue weighted by atomic mass is 35.5. The summed E-state index contributed by atoms with van der Waals surface area (Å²) in [5.74, 6) is -6.09. The van der Waals surface area contributed by atoms with E-state index in [-0.39, 0.29) is 84.3 Å². The minimum Gasteiger partial charge on any atom is -0.495 e. The maximum Gasteiger partial charge on any atom is 0.328 e. The van der Waals surface area contributed by atoms with Crippen molar-refractivity contribution in [2.45, 2.75) is 173 Å². The van der Waals surface area contributed by atoms with E-state index in [9.17, 15) is 53.1 Å². The van der Waals surface area contributed by atoms with Gasteiger partial charge in [0.15, 0.2) is 5.78 Å². The number of amides is 6. The number of halogens is 1. The van der Waals surface area contributed by atoms with Gasteiger partial charge in [0, 0.05) is 89.9 Å². The Morgan fingerprint density at radius 2 is 1.71 bits per heavy atom. The minimum absolute atomic E-state index is 0.0191. The standard InChI is InChI=1S/C62H85ClN6O16/c1-34(2)43(30-42(71)19-14-13-18-36(4)70)57(76)67-45(20-16-24-66-60(64)79)47(72)29-40-22-23-41(28-44(40)56(75)65-8)58(77)68(9)38(6)59(78)84-51-31-52(73)69(10)46-26-39(27-48(81-11)54(46)63)25-35(3)17-15-21-50(82-12)62(80)32-49(83-53(74)33-62)37(5)55-61(51,7)85-55/h15,17,21-23,26-28,34,37-38,43,45,49-51,55,80H,13-14,16,18-20,24-25,29-33H2,1-12H3,(H,65,75)(H,67,76)(H3,64,66,79)/b21-15+,35-17+/t37-,38+,43+,45+,49+,50-,51+,55+,61+,62-/m1/s1. The first kappa shape index (κ1) is 68.8. The van der Waals surface area contributed by atoms with Crippen LogP contribution in [0.4, 0.5) is 10.5 Å². The van der Waals surface area contributed by atoms with Crippen LogP contribution in [0.15, 0.2) is 54.1 Å². The summed E-state index contributed by atoms with van der Waals surface area (Å²) in [5, 5.41) is 20.0. The molecule has 0 aliphatic carbocycles. The number of hydrogen-bond donors (Lipinski definition) is 5. The zero-order valence-corrected chi connectivity index (χ0v) is 51.7. The maximum atomic E-state index is 14.6. The first-order valence-electron chi connectivity index (χ1n) is 28.8. The minimum atomic E-state index is -1.68. The maximum absolute atomic E-state index is 14.6. The molecule has 6 amide bonds. The number of esters is 2. The Balaban J connectivity index is 1.42. The summed E-state index contributed by atoms with van der Waals surface area (Å²) in [4.78, 5) is 137. The molecule has 2 aromatic rings. The Bertz CT molecular complexity index is 2910. The number of primary amides is 1. The van der Waals surface area contributed by atoms with Gasteiger partial charge in [0.2, 0.25) is 11.8 Å². The first-order chi connectivity index (χ1) is 40.0. The molecule has 6 N–H and O–H groups in total. The predicted octanol–water partition coefficient (Wildman–Crippen LogP) is 5.86. The van der Waals surface area contributed by atoms with Crippen LogP contribution in [0.2, 0.25) is 5.02 Å². The Labute approximate surface area is 502 Å². The first-order valence-corrected chi connectivity index (χ1v) is 29.2. The molecule has 2 aromatic carbocycles. The fraction of sp³-hybridized carbons (Fsp3) is 0.581. The van der Waals surface area contributed by atoms with Crippen LogP contribution in [-0.2, 0) is 65.4 Å². The highest BCUT2D eigenvalue weighted by Crippen LogP contribution is 2.50. The highest BCUT2D eigenvalue weighted by molar-refractivity contribution is 6.35. The molecule has 10 atom stereocenters. The summed E-state index contributed by atoms with van der Waals surface area (Å²) in [6, 6.07) is 4.35. The molecule has 85 heavy (non-hydrogen) atoms. The normalized spacial score (nSPS) is 24.4. The van der Waals surface area contributed by atoms with Gasteiger partial charge in [-0.15, -0.1) is 0 Å². The number of epoxide rings is 1. The Morgan fingerprint density at radius 3 is 2.34 bits per heavy atom. The third-order valence-corrected chi connectivity index (χ3v) is 16.8. The SMILES string of the molecule is CNC(=O)c1cc(C(=O)N(C)[C@@H](C)C(=O)O[C@H]2CC(=O)N(C)c3cc(cc(OC)c3Cl)C/C(C)=C/C=C/[C@@H](OC)[C@]3(O)CC(=O)O[C@@H](C3)[C@@H](C)[C@@H]3O[C@@]23C)ccc1CC(=O)[C@H](CCCNC(N)=O)NC(=O)[C@@H](CC(=O)CCCCC(C)=O)C(C)C. The van der Waals surface area contributed by atoms with Gasteiger partial charge in [-0.05, 0) is 101 Å². The smallest absolute Gasteiger partial charge is 0.328 e. The number of carbonyl (C=O) groups is 10. The van der Waals surface area contributed by atoms with Gasteiger partial charge in [0.05, 0.1) is 37.8 Å². The van der Waals surface area contributed by atoms with E-state index in [1.54, 1.807) is 52.0 Å². The van der Waals surface area contributed by atoms with Gasteiger partial charge < -0.3 is 65.1 Å². The third kappa shape index (κ3) is 18.0. The number of nitrogens with one attached hydrogen (secondary N) is 3. The molecule has 2 saturated heterocycles. The molecule has 23 heteroatoms. The molecule has 466 valence electrons. The number of allylic oxidation sites excluding steroid dienone is 3. The second kappa shape index (κ2) is 30.4. The van der Waals surface area contributed by atoms with E-state index in [1.165, 1.54) is 72.3 Å². The van der Waals surface area contributed by atoms with E-state index >= 15 is 0 Å². The van der Waals surface area contributed by atoms with E-state index in [0.717, 1.165) is 16.0 Å². The number of ether oxygens (including phenoxy) is 5. The van der Waals surface area contributed by atoms with E-state index in [0.29, 0.717) is 37.1 Å². The molecule has 3 aliphatic rings. The zero-order valence-electron chi connectivity index (χ0n) is 50.9. The van der Waals surface area contributed by atoms with Crippen molar-refractivity contribution in [2.24, 2.45) is 23.5 Å². The lowest BCUT2D eigenvalue weighted by Gasteiger charge is -2.41. The number of rotatable bonds is 24. The number of fused-ring (bicyclic) bond motifs is 5. The molecule has 3 aliphatic heterocycles. The number of nitrogens with zero attached hydrogens (tertiary/aromatic N) is 2. The topological polar surface area (TPSA) is 309 Å². The lowest BCUT2D eigenvalue weighted by atomic mass is 9.78. The van der Waals surface area contributed by atoms with E-state index in [4.69, 9.17) is 41.0 Å². The van der Waals surface area contributed by atoms with Crippen molar-refractivity contribution in [3.05, 3.63) is 81.4 Å². The Hall–Kier alpha value is -7.01. The van der Waals surface area contributed by atoms with Crippen LogP contribution in [0.25, 0.3) is 0 Å². The van der Waals surface area contributed by atoms with Gasteiger partial charge in [-0.25, -0.2) is 9.59 Å². The molecule has 0 spiro atoms. The lowest BCUT2D eigenvalue weighted by Crippen LogP contribution is -2.53. The van der Waals surface area contributed by atoms with Crippen LogP contribution in [0, 0.1) is 17.8 Å². The zero-order chi connectivity index (χ0) is 63.2. The van der Waals surface area contributed by atoms with E-state index in [1.807, 2.05) is 13.0 Å². The number of ketones is 3. The van der Waals surface area contributed by atoms with Gasteiger partial charge in [-0.3, -0.25) is 33.6 Å². The number of Topliss-reactive ketones (excluding diaryl/α,β-unsaturated/α-hetero) is 3. The Kier molecular flexibility index (Phi) is 24.6. The van der Waals surface area contributed by atoms with Gasteiger partial charge in [-0.1, -0.05) is 62.2 Å². The summed E-state index contributed by atoms with van der Waals surface area (Å²) < 4.78 is 29.8. The van der Waals surface area contributed by atoms with Crippen molar-refractivity contribution < 1.29 is 76.7 Å². The van der Waals surface area contributed by atoms with Crippen LogP contribution >= 0.6 is 11.6 Å². The van der Waals surface area contributed by atoms with Crippen LogP contribution in [0.1, 0.15) is 145 Å². The van der Waals surface area contributed by atoms with Crippen LogP contribution < -0.4 is 31.3 Å². The number of nitrogens with two attached hydrogens (primary N) is 1. The predicted molar refractivity (Wildman–Crippen MR) is 316 cm³/mol. The summed E-state index contributed by atoms with van der Waals surface area (Å²) >= 11 is 6.86. The second-order valence-corrected chi connectivity index (χ2v) is 23.6. The molecule has 22 nitrogen and oxygen atoms in total. The molecule has 4 bridgehead atoms. The quantitative estimate of drug-likeness (QED) is 0.0467. The van der Waals surface area contributed by atoms with E-state index < -0.39 is 120 Å². The summed E-state index contributed by atoms with van der Waals surface area (Å²) in [6.07, 6.45) is 2.27. The van der Waals surface area contributed by atoms with E-state index in [2.05, 4.69) is 16.0 Å². The van der Waals surface area contributed by atoms with Crippen molar-refractivity contribution >= 4 is 76.2 Å². The third-order valence-electron chi connectivity index (χ3n) is 16.4. The molecular weight excluding hydrogens is 1120 g/mol. The molecule has 3 heterocycles. The highest BCUT2D eigenvalue weighted by Gasteiger charge is 2.64. The number of hydrogen-bond acceptors (Lipinski definition) is 16. The van der Waals surface area contributed by atoms with Crippen LogP contribution in [0.5, 0.6) is 5.75 Å². The lowest BCUT2D eigenvalue weighted by molar-refractivity contribution is -0.187. The van der Waals surface area contributed by atoms with Crippen molar-refractivity contribution in [1.29, 1.82) is 0 Å². The van der Waals surface area contributed by atoms with Gasteiger partial charge in [-0.2, -0.15) is 0 Å². The summed E-state index contributed by atoms with van der Waals surface area (Å²) in [7, 11) is 7.12. The average molecular weight is 1210 g/mol. The molecule has 0 radical (unpaired) electrons. The van der Waals surface area contributed by atoms with Crippen molar-refractivity contribution in [3.63, 3.8) is 0 Å². The number of aliphatic hydroxyl groups is 1. The van der Waals surface area contributed by atoms with Crippen molar-refractivity contribution in [1.82, 2.24) is 20.9 Å². The van der Waals surface area contributed by atoms with Crippen molar-refractivity contribution in [2.75, 3.05) is 46.8 Å². The summed E-state index contributed by atoms with van der Waals surface area (Å²) in [5.41, 5.74) is 4.24. The molecule has 2 fully saturated rings. The van der Waals surface area contributed by atoms with Gasteiger partial charge in [0.1, 0.15) is 57.9 Å². The van der Waals surface area contributed by atoms with Crippen LogP contribution in [0.3, 0.4) is 0 Å². The number of anilines is 1. The molecular formula is C62H85ClN6O16. The average Bonchev–Trinajstić information content (AvgIpc) is 1.78. The number of urea groups is 1. The van der Waals surface area contributed by atoms with Gasteiger partial charge in [0.25, 0.3) is 11.8 Å². The van der Waals surface area contributed by atoms with Gasteiger partial charge >= 0.3 is 18.0 Å². The Morgan fingerprint density at radius 1 is 1.01 bits per heavy atom. The molecule has 5 rings (SSSR count). The fourth-order valence-corrected chi connectivity index (χ4v) is 11.3. The second-order valence-electron chi connectivity index (χ2n) is 23.2. The largest absolute Gasteiger partial charge is 0.495 e. The molecule has 0 unspecified atom stereocenters. The monoisotopic (exact) mass is 1200 g/mol.